The monoisotopic (exact) mass is 276 g/mol. The fourth-order valence-electron chi connectivity index (χ4n) is 2.05. The molecule has 0 unspecified atom stereocenters. The minimum absolute atomic E-state index is 0.612. The molecule has 2 aromatic heterocycles. The Hall–Kier alpha value is -1.62. The molecule has 0 saturated heterocycles. The topological polar surface area (TPSA) is 55.0 Å². The van der Waals surface area contributed by atoms with Crippen molar-refractivity contribution in [1.29, 1.82) is 0 Å². The van der Waals surface area contributed by atoms with Crippen LogP contribution in [0.25, 0.3) is 11.1 Å². The molecule has 0 spiro atoms. The zero-order valence-corrected chi connectivity index (χ0v) is 12.3. The second-order valence-electron chi connectivity index (χ2n) is 4.42. The summed E-state index contributed by atoms with van der Waals surface area (Å²) >= 11 is 1.48. The van der Waals surface area contributed by atoms with E-state index in [1.54, 1.807) is 12.4 Å². The minimum Gasteiger partial charge on any atom is -0.382 e. The number of rotatable bonds is 6. The van der Waals surface area contributed by atoms with Crippen molar-refractivity contribution in [3.63, 3.8) is 0 Å². The lowest BCUT2D eigenvalue weighted by Gasteiger charge is -2.22. The number of anilines is 2. The third kappa shape index (κ3) is 3.04. The Balaban J connectivity index is 2.36. The average molecular weight is 276 g/mol. The van der Waals surface area contributed by atoms with Gasteiger partial charge in [0.1, 0.15) is 10.8 Å². The van der Waals surface area contributed by atoms with Gasteiger partial charge in [-0.2, -0.15) is 4.37 Å². The van der Waals surface area contributed by atoms with Crippen LogP contribution >= 0.6 is 11.5 Å². The molecule has 2 heterocycles. The summed E-state index contributed by atoms with van der Waals surface area (Å²) in [5.41, 5.74) is 8.18. The predicted octanol–water partition coefficient (Wildman–Crippen LogP) is 3.41. The van der Waals surface area contributed by atoms with Gasteiger partial charge in [-0.1, -0.05) is 13.3 Å². The van der Waals surface area contributed by atoms with Crippen molar-refractivity contribution in [2.24, 2.45) is 0 Å². The first kappa shape index (κ1) is 13.8. The second-order valence-corrected chi connectivity index (χ2v) is 5.17. The highest BCUT2D eigenvalue weighted by atomic mass is 32.1. The van der Waals surface area contributed by atoms with Gasteiger partial charge >= 0.3 is 0 Å². The fraction of sp³-hybridized carbons (Fsp3) is 0.429. The van der Waals surface area contributed by atoms with Crippen LogP contribution in [0, 0.1) is 0 Å². The highest BCUT2D eigenvalue weighted by Gasteiger charge is 2.17. The van der Waals surface area contributed by atoms with Gasteiger partial charge in [-0.3, -0.25) is 4.98 Å². The number of hydrogen-bond acceptors (Lipinski definition) is 5. The third-order valence-electron chi connectivity index (χ3n) is 3.12. The van der Waals surface area contributed by atoms with Crippen LogP contribution in [0.5, 0.6) is 0 Å². The molecule has 0 bridgehead atoms. The van der Waals surface area contributed by atoms with Crippen molar-refractivity contribution in [3.8, 4) is 11.1 Å². The first-order valence-corrected chi connectivity index (χ1v) is 7.45. The summed E-state index contributed by atoms with van der Waals surface area (Å²) in [5.74, 6) is 0.612. The zero-order valence-electron chi connectivity index (χ0n) is 11.5. The summed E-state index contributed by atoms with van der Waals surface area (Å²) < 4.78 is 4.33. The maximum atomic E-state index is 6.05. The molecule has 102 valence electrons. The van der Waals surface area contributed by atoms with E-state index in [4.69, 9.17) is 5.73 Å². The number of pyridine rings is 1. The Morgan fingerprint density at radius 1 is 1.26 bits per heavy atom. The molecule has 4 nitrogen and oxygen atoms in total. The van der Waals surface area contributed by atoms with Gasteiger partial charge < -0.3 is 10.6 Å². The van der Waals surface area contributed by atoms with Crippen molar-refractivity contribution < 1.29 is 0 Å². The van der Waals surface area contributed by atoms with Crippen LogP contribution in [0.2, 0.25) is 0 Å². The number of nitrogens with two attached hydrogens (primary N) is 1. The SMILES string of the molecule is CCCCN(CC)c1snc(N)c1-c1ccncc1. The largest absolute Gasteiger partial charge is 0.382 e. The molecule has 0 amide bonds. The summed E-state index contributed by atoms with van der Waals surface area (Å²) in [6, 6.07) is 3.97. The molecule has 0 aliphatic rings. The summed E-state index contributed by atoms with van der Waals surface area (Å²) in [4.78, 5) is 6.41. The first-order chi connectivity index (χ1) is 9.27. The third-order valence-corrected chi connectivity index (χ3v) is 4.04. The van der Waals surface area contributed by atoms with Crippen LogP contribution in [-0.4, -0.2) is 22.4 Å². The molecule has 0 aromatic carbocycles. The summed E-state index contributed by atoms with van der Waals surface area (Å²) in [6.07, 6.45) is 5.95. The van der Waals surface area contributed by atoms with Crippen molar-refractivity contribution in [3.05, 3.63) is 24.5 Å². The molecule has 19 heavy (non-hydrogen) atoms. The molecule has 5 heteroatoms. The summed E-state index contributed by atoms with van der Waals surface area (Å²) in [7, 11) is 0. The molecule has 0 fully saturated rings. The van der Waals surface area contributed by atoms with E-state index in [2.05, 4.69) is 28.1 Å². The lowest BCUT2D eigenvalue weighted by Crippen LogP contribution is -2.23. The van der Waals surface area contributed by atoms with Gasteiger partial charge in [-0.25, -0.2) is 0 Å². The lowest BCUT2D eigenvalue weighted by atomic mass is 10.1. The predicted molar refractivity (Wildman–Crippen MR) is 82.6 cm³/mol. The Morgan fingerprint density at radius 3 is 2.63 bits per heavy atom. The maximum absolute atomic E-state index is 6.05. The average Bonchev–Trinajstić information content (AvgIpc) is 2.83. The Morgan fingerprint density at radius 2 is 2.00 bits per heavy atom. The van der Waals surface area contributed by atoms with Crippen LogP contribution in [0.4, 0.5) is 10.8 Å². The van der Waals surface area contributed by atoms with Gasteiger partial charge in [-0.15, -0.1) is 0 Å². The van der Waals surface area contributed by atoms with Crippen molar-refractivity contribution in [2.75, 3.05) is 23.7 Å². The van der Waals surface area contributed by atoms with Gasteiger partial charge in [0.15, 0.2) is 0 Å². The number of aromatic nitrogens is 2. The normalized spacial score (nSPS) is 10.6. The van der Waals surface area contributed by atoms with E-state index >= 15 is 0 Å². The Kier molecular flexibility index (Phi) is 4.74. The molecule has 2 rings (SSSR count). The molecule has 0 saturated carbocycles. The van der Waals surface area contributed by atoms with Gasteiger partial charge in [0, 0.05) is 25.5 Å². The van der Waals surface area contributed by atoms with Gasteiger partial charge in [0.25, 0.3) is 0 Å². The Bertz CT molecular complexity index is 509. The Labute approximate surface area is 118 Å². The molecule has 0 aliphatic carbocycles. The second kappa shape index (κ2) is 6.52. The van der Waals surface area contributed by atoms with Crippen LogP contribution in [0.3, 0.4) is 0 Å². The number of hydrogen-bond donors (Lipinski definition) is 1. The lowest BCUT2D eigenvalue weighted by molar-refractivity contribution is 0.737. The summed E-state index contributed by atoms with van der Waals surface area (Å²) in [6.45, 7) is 6.40. The number of nitrogen functional groups attached to an aromatic ring is 1. The van der Waals surface area contributed by atoms with Crippen molar-refractivity contribution >= 4 is 22.4 Å². The van der Waals surface area contributed by atoms with Gasteiger partial charge in [0.05, 0.1) is 5.56 Å². The number of unbranched alkanes of at least 4 members (excludes halogenated alkanes) is 1. The van der Waals surface area contributed by atoms with Crippen LogP contribution in [0.15, 0.2) is 24.5 Å². The van der Waals surface area contributed by atoms with E-state index < -0.39 is 0 Å². The quantitative estimate of drug-likeness (QED) is 0.878. The van der Waals surface area contributed by atoms with E-state index in [0.29, 0.717) is 5.82 Å². The van der Waals surface area contributed by atoms with Gasteiger partial charge in [-0.05, 0) is 42.6 Å². The first-order valence-electron chi connectivity index (χ1n) is 6.68. The van der Waals surface area contributed by atoms with Crippen molar-refractivity contribution in [1.82, 2.24) is 9.36 Å². The highest BCUT2D eigenvalue weighted by molar-refractivity contribution is 7.11. The van der Waals surface area contributed by atoms with Crippen LogP contribution in [0.1, 0.15) is 26.7 Å². The number of nitrogens with zero attached hydrogens (tertiary/aromatic N) is 3. The van der Waals surface area contributed by atoms with Crippen molar-refractivity contribution in [2.45, 2.75) is 26.7 Å². The summed E-state index contributed by atoms with van der Waals surface area (Å²) in [5, 5.41) is 1.17. The van der Waals surface area contributed by atoms with E-state index in [9.17, 15) is 0 Å². The molecule has 2 aromatic rings. The molecular weight excluding hydrogens is 256 g/mol. The van der Waals surface area contributed by atoms with Crippen LogP contribution < -0.4 is 10.6 Å². The van der Waals surface area contributed by atoms with E-state index in [1.165, 1.54) is 29.4 Å². The van der Waals surface area contributed by atoms with Gasteiger partial charge in [0.2, 0.25) is 0 Å². The molecular formula is C14H20N4S. The highest BCUT2D eigenvalue weighted by Crippen LogP contribution is 2.39. The standard InChI is InChI=1S/C14H20N4S/c1-3-5-10-18(4-2)14-12(13(15)17-19-14)11-6-8-16-9-7-11/h6-9H,3-5,10H2,1-2H3,(H2,15,17). The zero-order chi connectivity index (χ0) is 13.7. The maximum Gasteiger partial charge on any atom is 0.147 e. The molecule has 0 atom stereocenters. The molecule has 0 radical (unpaired) electrons. The van der Waals surface area contributed by atoms with Crippen LogP contribution in [-0.2, 0) is 0 Å². The smallest absolute Gasteiger partial charge is 0.147 e. The van der Waals surface area contributed by atoms with E-state index in [-0.39, 0.29) is 0 Å². The molecule has 2 N–H and O–H groups in total. The molecule has 0 aliphatic heterocycles. The minimum atomic E-state index is 0.612. The van der Waals surface area contributed by atoms with E-state index in [0.717, 1.165) is 24.2 Å². The fourth-order valence-corrected chi connectivity index (χ4v) is 2.98. The van der Waals surface area contributed by atoms with E-state index in [1.807, 2.05) is 12.1 Å².